The number of amides is 2. The Kier molecular flexibility index (Phi) is 7.87. The first-order valence-corrected chi connectivity index (χ1v) is 8.99. The number of ether oxygens (including phenoxy) is 2. The number of hydrogen-bond acceptors (Lipinski definition) is 5. The van der Waals surface area contributed by atoms with Gasteiger partial charge < -0.3 is 19.7 Å². The van der Waals surface area contributed by atoms with Crippen LogP contribution >= 0.6 is 0 Å². The van der Waals surface area contributed by atoms with Gasteiger partial charge in [-0.15, -0.1) is 0 Å². The Balaban J connectivity index is 1.83. The number of anilines is 1. The summed E-state index contributed by atoms with van der Waals surface area (Å²) in [6.45, 7) is 8.58. The molecule has 1 aromatic carbocycles. The molecular formula is C19H29N3O4. The van der Waals surface area contributed by atoms with Crippen molar-refractivity contribution in [1.82, 2.24) is 9.80 Å². The lowest BCUT2D eigenvalue weighted by Gasteiger charge is -2.29. The van der Waals surface area contributed by atoms with Crippen LogP contribution in [0.3, 0.4) is 0 Å². The van der Waals surface area contributed by atoms with Crippen molar-refractivity contribution in [1.29, 1.82) is 0 Å². The maximum Gasteiger partial charge on any atom is 0.226 e. The highest BCUT2D eigenvalue weighted by Crippen LogP contribution is 2.25. The van der Waals surface area contributed by atoms with Gasteiger partial charge in [-0.3, -0.25) is 14.5 Å². The monoisotopic (exact) mass is 363 g/mol. The molecule has 0 saturated carbocycles. The van der Waals surface area contributed by atoms with E-state index >= 15 is 0 Å². The van der Waals surface area contributed by atoms with Gasteiger partial charge in [0.05, 0.1) is 26.0 Å². The second-order valence-electron chi connectivity index (χ2n) is 6.46. The van der Waals surface area contributed by atoms with Crippen molar-refractivity contribution in [3.05, 3.63) is 23.8 Å². The van der Waals surface area contributed by atoms with Crippen molar-refractivity contribution in [3.8, 4) is 5.75 Å². The van der Waals surface area contributed by atoms with Crippen molar-refractivity contribution in [2.75, 3.05) is 58.4 Å². The molecule has 0 bridgehead atoms. The van der Waals surface area contributed by atoms with Crippen molar-refractivity contribution < 1.29 is 19.1 Å². The first-order valence-electron chi connectivity index (χ1n) is 8.99. The van der Waals surface area contributed by atoms with Crippen LogP contribution in [-0.2, 0) is 14.3 Å². The van der Waals surface area contributed by atoms with Crippen LogP contribution in [0.1, 0.15) is 18.9 Å². The van der Waals surface area contributed by atoms with Crippen molar-refractivity contribution in [2.24, 2.45) is 0 Å². The summed E-state index contributed by atoms with van der Waals surface area (Å²) < 4.78 is 10.6. The number of aryl methyl sites for hydroxylation is 1. The predicted octanol–water partition coefficient (Wildman–Crippen LogP) is 1.51. The quantitative estimate of drug-likeness (QED) is 0.758. The van der Waals surface area contributed by atoms with Gasteiger partial charge in [-0.1, -0.05) is 6.07 Å². The van der Waals surface area contributed by atoms with Gasteiger partial charge in [0.15, 0.2) is 0 Å². The molecule has 7 heteroatoms. The Hall–Kier alpha value is -2.12. The number of morpholine rings is 1. The topological polar surface area (TPSA) is 71.1 Å². The molecule has 2 rings (SSSR count). The molecule has 0 aromatic heterocycles. The Morgan fingerprint density at radius 1 is 1.27 bits per heavy atom. The first-order chi connectivity index (χ1) is 12.5. The second-order valence-corrected chi connectivity index (χ2v) is 6.46. The molecule has 144 valence electrons. The van der Waals surface area contributed by atoms with Crippen LogP contribution in [0.15, 0.2) is 18.2 Å². The van der Waals surface area contributed by atoms with E-state index in [0.29, 0.717) is 24.5 Å². The molecule has 2 amide bonds. The van der Waals surface area contributed by atoms with Crippen LogP contribution in [0, 0.1) is 6.92 Å². The van der Waals surface area contributed by atoms with Gasteiger partial charge in [0.1, 0.15) is 5.75 Å². The van der Waals surface area contributed by atoms with Crippen LogP contribution in [0.5, 0.6) is 5.75 Å². The van der Waals surface area contributed by atoms with Crippen LogP contribution in [-0.4, -0.2) is 74.7 Å². The van der Waals surface area contributed by atoms with Gasteiger partial charge in [-0.25, -0.2) is 0 Å². The highest BCUT2D eigenvalue weighted by Gasteiger charge is 2.16. The Morgan fingerprint density at radius 3 is 2.65 bits per heavy atom. The summed E-state index contributed by atoms with van der Waals surface area (Å²) in [5.41, 5.74) is 1.69. The molecule has 1 aromatic rings. The van der Waals surface area contributed by atoms with E-state index in [0.717, 1.165) is 38.4 Å². The fourth-order valence-corrected chi connectivity index (χ4v) is 2.88. The minimum atomic E-state index is -0.133. The first kappa shape index (κ1) is 20.2. The molecule has 1 fully saturated rings. The molecule has 0 unspecified atom stereocenters. The van der Waals surface area contributed by atoms with Gasteiger partial charge in [0.2, 0.25) is 11.8 Å². The number of carbonyl (C=O) groups excluding carboxylic acids is 2. The Bertz CT molecular complexity index is 615. The SMILES string of the molecule is COc1ccc(C)cc1NC(=O)CCN(CCN1CCOCC1)C(C)=O. The third-order valence-electron chi connectivity index (χ3n) is 4.47. The normalized spacial score (nSPS) is 14.7. The molecule has 1 heterocycles. The average Bonchev–Trinajstić information content (AvgIpc) is 2.62. The van der Waals surface area contributed by atoms with Crippen LogP contribution in [0.2, 0.25) is 0 Å². The molecule has 1 aliphatic rings. The predicted molar refractivity (Wildman–Crippen MR) is 100 cm³/mol. The second kappa shape index (κ2) is 10.1. The zero-order valence-electron chi connectivity index (χ0n) is 15.9. The third-order valence-corrected chi connectivity index (χ3v) is 4.47. The molecule has 0 aliphatic carbocycles. The van der Waals surface area contributed by atoms with Gasteiger partial charge in [-0.05, 0) is 24.6 Å². The van der Waals surface area contributed by atoms with E-state index in [1.165, 1.54) is 0 Å². The molecule has 0 radical (unpaired) electrons. The molecule has 1 N–H and O–H groups in total. The fourth-order valence-electron chi connectivity index (χ4n) is 2.88. The zero-order valence-corrected chi connectivity index (χ0v) is 15.9. The van der Waals surface area contributed by atoms with Crippen LogP contribution in [0.4, 0.5) is 5.69 Å². The summed E-state index contributed by atoms with van der Waals surface area (Å²) >= 11 is 0. The summed E-state index contributed by atoms with van der Waals surface area (Å²) in [7, 11) is 1.57. The highest BCUT2D eigenvalue weighted by atomic mass is 16.5. The maximum absolute atomic E-state index is 12.3. The summed E-state index contributed by atoms with van der Waals surface area (Å²) in [5, 5.41) is 2.87. The fraction of sp³-hybridized carbons (Fsp3) is 0.579. The molecular weight excluding hydrogens is 334 g/mol. The smallest absolute Gasteiger partial charge is 0.226 e. The van der Waals surface area contributed by atoms with Gasteiger partial charge >= 0.3 is 0 Å². The van der Waals surface area contributed by atoms with Gasteiger partial charge in [-0.2, -0.15) is 0 Å². The average molecular weight is 363 g/mol. The number of hydrogen-bond donors (Lipinski definition) is 1. The number of benzene rings is 1. The van der Waals surface area contributed by atoms with E-state index in [4.69, 9.17) is 9.47 Å². The van der Waals surface area contributed by atoms with E-state index in [2.05, 4.69) is 10.2 Å². The van der Waals surface area contributed by atoms with Crippen molar-refractivity contribution in [2.45, 2.75) is 20.3 Å². The number of rotatable bonds is 8. The highest BCUT2D eigenvalue weighted by molar-refractivity contribution is 5.92. The van der Waals surface area contributed by atoms with Crippen molar-refractivity contribution >= 4 is 17.5 Å². The van der Waals surface area contributed by atoms with Gasteiger partial charge in [0, 0.05) is 46.1 Å². The molecule has 1 saturated heterocycles. The molecule has 0 atom stereocenters. The largest absolute Gasteiger partial charge is 0.495 e. The molecule has 7 nitrogen and oxygen atoms in total. The summed E-state index contributed by atoms with van der Waals surface area (Å²) in [6, 6.07) is 5.63. The Morgan fingerprint density at radius 2 is 2.00 bits per heavy atom. The van der Waals surface area contributed by atoms with Crippen molar-refractivity contribution in [3.63, 3.8) is 0 Å². The summed E-state index contributed by atoms with van der Waals surface area (Å²) in [6.07, 6.45) is 0.250. The lowest BCUT2D eigenvalue weighted by Crippen LogP contribution is -2.43. The van der Waals surface area contributed by atoms with E-state index < -0.39 is 0 Å². The minimum Gasteiger partial charge on any atom is -0.495 e. The van der Waals surface area contributed by atoms with E-state index in [-0.39, 0.29) is 18.2 Å². The van der Waals surface area contributed by atoms with Crippen LogP contribution < -0.4 is 10.1 Å². The number of nitrogens with one attached hydrogen (secondary N) is 1. The molecule has 1 aliphatic heterocycles. The lowest BCUT2D eigenvalue weighted by atomic mass is 10.2. The molecule has 26 heavy (non-hydrogen) atoms. The third kappa shape index (κ3) is 6.31. The zero-order chi connectivity index (χ0) is 18.9. The molecule has 0 spiro atoms. The van der Waals surface area contributed by atoms with E-state index in [1.807, 2.05) is 25.1 Å². The van der Waals surface area contributed by atoms with Crippen LogP contribution in [0.25, 0.3) is 0 Å². The minimum absolute atomic E-state index is 0.0146. The maximum atomic E-state index is 12.3. The standard InChI is InChI=1S/C19H29N3O4/c1-15-4-5-18(25-3)17(14-15)20-19(24)6-7-22(16(2)23)9-8-21-10-12-26-13-11-21/h4-5,14H,6-13H2,1-3H3,(H,20,24). The van der Waals surface area contributed by atoms with Gasteiger partial charge in [0.25, 0.3) is 0 Å². The van der Waals surface area contributed by atoms with E-state index in [1.54, 1.807) is 18.9 Å². The number of methoxy groups -OCH3 is 1. The number of carbonyl (C=O) groups is 2. The Labute approximate surface area is 155 Å². The summed E-state index contributed by atoms with van der Waals surface area (Å²) in [4.78, 5) is 28.2. The number of nitrogens with zero attached hydrogens (tertiary/aromatic N) is 2. The van der Waals surface area contributed by atoms with E-state index in [9.17, 15) is 9.59 Å². The lowest BCUT2D eigenvalue weighted by molar-refractivity contribution is -0.129. The summed E-state index contributed by atoms with van der Waals surface area (Å²) in [5.74, 6) is 0.477.